The van der Waals surface area contributed by atoms with Gasteiger partial charge in [0.25, 0.3) is 0 Å². The standard InChI is InChI=1S/C12H12N2O2S/c1-2-14-9-7-11-10(15-3-4-16-11)6-8(9)13-12(14)17-5-1/h6-7H,1-5H2. The lowest BCUT2D eigenvalue weighted by molar-refractivity contribution is 0.172. The summed E-state index contributed by atoms with van der Waals surface area (Å²) in [6.07, 6.45) is 1.21. The van der Waals surface area contributed by atoms with Gasteiger partial charge in [0.2, 0.25) is 0 Å². The first-order valence-corrected chi connectivity index (χ1v) is 6.83. The number of rotatable bonds is 0. The summed E-state index contributed by atoms with van der Waals surface area (Å²) in [5.74, 6) is 2.84. The third kappa shape index (κ3) is 1.42. The maximum absolute atomic E-state index is 5.62. The molecule has 0 unspecified atom stereocenters. The van der Waals surface area contributed by atoms with Crippen molar-refractivity contribution in [2.75, 3.05) is 19.0 Å². The molecule has 2 aliphatic rings. The molecule has 3 heterocycles. The quantitative estimate of drug-likeness (QED) is 0.717. The number of hydrogen-bond acceptors (Lipinski definition) is 4. The average Bonchev–Trinajstić information content (AvgIpc) is 2.73. The van der Waals surface area contributed by atoms with Crippen molar-refractivity contribution in [2.24, 2.45) is 0 Å². The van der Waals surface area contributed by atoms with Gasteiger partial charge in [-0.2, -0.15) is 0 Å². The smallest absolute Gasteiger partial charge is 0.169 e. The highest BCUT2D eigenvalue weighted by Crippen LogP contribution is 2.37. The minimum Gasteiger partial charge on any atom is -0.486 e. The number of aromatic nitrogens is 2. The van der Waals surface area contributed by atoms with Gasteiger partial charge in [0.15, 0.2) is 16.7 Å². The van der Waals surface area contributed by atoms with Crippen molar-refractivity contribution < 1.29 is 9.47 Å². The third-order valence-electron chi connectivity index (χ3n) is 3.13. The van der Waals surface area contributed by atoms with Crippen LogP contribution in [0.4, 0.5) is 0 Å². The van der Waals surface area contributed by atoms with E-state index in [0.717, 1.165) is 40.0 Å². The number of nitrogens with zero attached hydrogens (tertiary/aromatic N) is 2. The zero-order chi connectivity index (χ0) is 11.2. The molecule has 5 heteroatoms. The lowest BCUT2D eigenvalue weighted by atomic mass is 10.2. The Labute approximate surface area is 103 Å². The Hall–Kier alpha value is -1.36. The molecule has 0 atom stereocenters. The van der Waals surface area contributed by atoms with Gasteiger partial charge < -0.3 is 14.0 Å². The summed E-state index contributed by atoms with van der Waals surface area (Å²) >= 11 is 1.83. The van der Waals surface area contributed by atoms with Gasteiger partial charge in [0.05, 0.1) is 11.0 Å². The molecule has 17 heavy (non-hydrogen) atoms. The van der Waals surface area contributed by atoms with Crippen molar-refractivity contribution in [1.82, 2.24) is 9.55 Å². The lowest BCUT2D eigenvalue weighted by Gasteiger charge is -2.18. The topological polar surface area (TPSA) is 36.3 Å². The molecule has 1 aromatic carbocycles. The fourth-order valence-electron chi connectivity index (χ4n) is 2.35. The van der Waals surface area contributed by atoms with Crippen molar-refractivity contribution in [2.45, 2.75) is 18.1 Å². The Balaban J connectivity index is 1.97. The highest BCUT2D eigenvalue weighted by atomic mass is 32.2. The second kappa shape index (κ2) is 3.57. The van der Waals surface area contributed by atoms with E-state index in [4.69, 9.17) is 9.47 Å². The highest BCUT2D eigenvalue weighted by Gasteiger charge is 2.19. The predicted molar refractivity (Wildman–Crippen MR) is 66.1 cm³/mol. The Bertz CT molecular complexity index is 592. The first kappa shape index (κ1) is 9.65. The van der Waals surface area contributed by atoms with Gasteiger partial charge in [-0.05, 0) is 6.42 Å². The molecule has 2 aliphatic heterocycles. The average molecular weight is 248 g/mol. The Kier molecular flexibility index (Phi) is 2.02. The SMILES string of the molecule is c1c2c(cc3c1nc1n3CCCS1)OCCO2. The molecule has 2 aromatic rings. The van der Waals surface area contributed by atoms with Crippen LogP contribution in [0.2, 0.25) is 0 Å². The van der Waals surface area contributed by atoms with Gasteiger partial charge in [-0.25, -0.2) is 4.98 Å². The molecule has 0 bridgehead atoms. The molecular formula is C12H12N2O2S. The maximum atomic E-state index is 5.62. The van der Waals surface area contributed by atoms with E-state index in [2.05, 4.69) is 15.6 Å². The zero-order valence-corrected chi connectivity index (χ0v) is 10.1. The first-order valence-electron chi connectivity index (χ1n) is 5.84. The van der Waals surface area contributed by atoms with E-state index >= 15 is 0 Å². The van der Waals surface area contributed by atoms with Gasteiger partial charge in [-0.3, -0.25) is 0 Å². The number of fused-ring (bicyclic) bond motifs is 4. The molecular weight excluding hydrogens is 236 g/mol. The minimum atomic E-state index is 0.626. The summed E-state index contributed by atoms with van der Waals surface area (Å²) in [5.41, 5.74) is 2.18. The van der Waals surface area contributed by atoms with Crippen LogP contribution in [0.25, 0.3) is 11.0 Å². The van der Waals surface area contributed by atoms with Crippen molar-refractivity contribution in [3.05, 3.63) is 12.1 Å². The molecule has 0 saturated carbocycles. The van der Waals surface area contributed by atoms with Crippen molar-refractivity contribution >= 4 is 22.8 Å². The Morgan fingerprint density at radius 3 is 2.88 bits per heavy atom. The van der Waals surface area contributed by atoms with Crippen molar-refractivity contribution in [3.8, 4) is 11.5 Å². The van der Waals surface area contributed by atoms with E-state index in [1.54, 1.807) is 0 Å². The van der Waals surface area contributed by atoms with E-state index in [1.807, 2.05) is 17.8 Å². The van der Waals surface area contributed by atoms with E-state index in [1.165, 1.54) is 6.42 Å². The Morgan fingerprint density at radius 2 is 2.00 bits per heavy atom. The molecule has 0 N–H and O–H groups in total. The number of thioether (sulfide) groups is 1. The van der Waals surface area contributed by atoms with Gasteiger partial charge >= 0.3 is 0 Å². The summed E-state index contributed by atoms with van der Waals surface area (Å²) in [6.45, 7) is 2.31. The van der Waals surface area contributed by atoms with Gasteiger partial charge in [-0.1, -0.05) is 11.8 Å². The maximum Gasteiger partial charge on any atom is 0.169 e. The monoisotopic (exact) mass is 248 g/mol. The van der Waals surface area contributed by atoms with Crippen molar-refractivity contribution in [1.29, 1.82) is 0 Å². The molecule has 0 amide bonds. The fraction of sp³-hybridized carbons (Fsp3) is 0.417. The number of imidazole rings is 1. The second-order valence-electron chi connectivity index (χ2n) is 4.23. The molecule has 4 rings (SSSR count). The number of hydrogen-bond donors (Lipinski definition) is 0. The van der Waals surface area contributed by atoms with Crippen LogP contribution in [-0.4, -0.2) is 28.5 Å². The summed E-state index contributed by atoms with van der Waals surface area (Å²) in [7, 11) is 0. The van der Waals surface area contributed by atoms with Crippen LogP contribution < -0.4 is 9.47 Å². The van der Waals surface area contributed by atoms with Crippen LogP contribution in [-0.2, 0) is 6.54 Å². The van der Waals surface area contributed by atoms with Gasteiger partial charge in [0.1, 0.15) is 13.2 Å². The van der Waals surface area contributed by atoms with Crippen LogP contribution >= 0.6 is 11.8 Å². The summed E-state index contributed by atoms with van der Waals surface area (Å²) in [5, 5.41) is 1.12. The zero-order valence-electron chi connectivity index (χ0n) is 9.31. The Morgan fingerprint density at radius 1 is 1.18 bits per heavy atom. The molecule has 1 aromatic heterocycles. The van der Waals surface area contributed by atoms with E-state index in [-0.39, 0.29) is 0 Å². The van der Waals surface area contributed by atoms with Crippen LogP contribution in [0.1, 0.15) is 6.42 Å². The molecule has 0 spiro atoms. The van der Waals surface area contributed by atoms with Crippen molar-refractivity contribution in [3.63, 3.8) is 0 Å². The van der Waals surface area contributed by atoms with Crippen LogP contribution in [0.15, 0.2) is 17.3 Å². The normalized spacial score (nSPS) is 18.1. The third-order valence-corrected chi connectivity index (χ3v) is 4.20. The van der Waals surface area contributed by atoms with E-state index < -0.39 is 0 Å². The molecule has 88 valence electrons. The summed E-state index contributed by atoms with van der Waals surface area (Å²) in [6, 6.07) is 4.06. The van der Waals surface area contributed by atoms with Crippen LogP contribution in [0.3, 0.4) is 0 Å². The molecule has 4 nitrogen and oxygen atoms in total. The second-order valence-corrected chi connectivity index (χ2v) is 5.29. The minimum absolute atomic E-state index is 0.626. The molecule has 0 saturated heterocycles. The fourth-order valence-corrected chi connectivity index (χ4v) is 3.32. The van der Waals surface area contributed by atoms with Gasteiger partial charge in [0, 0.05) is 24.4 Å². The summed E-state index contributed by atoms with van der Waals surface area (Å²) in [4.78, 5) is 4.65. The predicted octanol–water partition coefficient (Wildman–Crippen LogP) is 2.30. The number of aryl methyl sites for hydroxylation is 1. The van der Waals surface area contributed by atoms with E-state index in [0.29, 0.717) is 13.2 Å². The molecule has 0 aliphatic carbocycles. The largest absolute Gasteiger partial charge is 0.486 e. The van der Waals surface area contributed by atoms with Gasteiger partial charge in [-0.15, -0.1) is 0 Å². The number of benzene rings is 1. The molecule has 0 radical (unpaired) electrons. The highest BCUT2D eigenvalue weighted by molar-refractivity contribution is 7.99. The number of ether oxygens (including phenoxy) is 2. The molecule has 0 fully saturated rings. The van der Waals surface area contributed by atoms with E-state index in [9.17, 15) is 0 Å². The lowest BCUT2D eigenvalue weighted by Crippen LogP contribution is -2.15. The summed E-state index contributed by atoms with van der Waals surface area (Å²) < 4.78 is 13.5. The van der Waals surface area contributed by atoms with Crippen LogP contribution in [0, 0.1) is 0 Å². The van der Waals surface area contributed by atoms with Crippen LogP contribution in [0.5, 0.6) is 11.5 Å². The first-order chi connectivity index (χ1) is 8.42.